The molecule has 0 radical (unpaired) electrons. The average molecular weight is 250 g/mol. The molecule has 19 heavy (non-hydrogen) atoms. The highest BCUT2D eigenvalue weighted by Gasteiger charge is 2.09. The predicted molar refractivity (Wildman–Crippen MR) is 76.3 cm³/mol. The van der Waals surface area contributed by atoms with Crippen LogP contribution >= 0.6 is 0 Å². The lowest BCUT2D eigenvalue weighted by molar-refractivity contribution is 0.112. The number of carbonyl (C=O) groups excluding carboxylic acids is 1. The summed E-state index contributed by atoms with van der Waals surface area (Å²) in [5, 5.41) is 0. The molecule has 0 saturated carbocycles. The van der Waals surface area contributed by atoms with Crippen LogP contribution in [0.4, 0.5) is 0 Å². The van der Waals surface area contributed by atoms with E-state index in [0.29, 0.717) is 5.56 Å². The van der Waals surface area contributed by atoms with Crippen molar-refractivity contribution in [2.45, 2.75) is 6.92 Å². The van der Waals surface area contributed by atoms with Crippen molar-refractivity contribution >= 4 is 17.3 Å². The van der Waals surface area contributed by atoms with Crippen LogP contribution in [-0.4, -0.2) is 15.8 Å². The summed E-state index contributed by atoms with van der Waals surface area (Å²) in [6, 6.07) is 13.9. The van der Waals surface area contributed by atoms with Gasteiger partial charge in [-0.25, -0.2) is 4.98 Å². The first-order valence-electron chi connectivity index (χ1n) is 6.18. The molecule has 0 bridgehead atoms. The van der Waals surface area contributed by atoms with Gasteiger partial charge in [-0.1, -0.05) is 29.8 Å². The van der Waals surface area contributed by atoms with Crippen molar-refractivity contribution < 1.29 is 4.79 Å². The van der Waals surface area contributed by atoms with E-state index >= 15 is 0 Å². The van der Waals surface area contributed by atoms with Crippen molar-refractivity contribution in [1.29, 1.82) is 0 Å². The van der Waals surface area contributed by atoms with Gasteiger partial charge in [0.25, 0.3) is 0 Å². The summed E-state index contributed by atoms with van der Waals surface area (Å²) < 4.78 is 2.05. The molecule has 1 aromatic heterocycles. The minimum atomic E-state index is 0.654. The second-order valence-corrected chi connectivity index (χ2v) is 4.73. The first-order valence-corrected chi connectivity index (χ1v) is 6.18. The number of nitrogens with zero attached hydrogens (tertiary/aromatic N) is 2. The maximum atomic E-state index is 10.8. The van der Waals surface area contributed by atoms with Gasteiger partial charge in [0.15, 0.2) is 0 Å². The second kappa shape index (κ2) is 4.35. The van der Waals surface area contributed by atoms with Crippen LogP contribution in [-0.2, 0) is 7.05 Å². The van der Waals surface area contributed by atoms with Crippen LogP contribution in [0.15, 0.2) is 42.5 Å². The number of hydrogen-bond acceptors (Lipinski definition) is 2. The Morgan fingerprint density at radius 1 is 1.11 bits per heavy atom. The Bertz CT molecular complexity index is 754. The average Bonchev–Trinajstić information content (AvgIpc) is 2.76. The summed E-state index contributed by atoms with van der Waals surface area (Å²) in [4.78, 5) is 15.4. The van der Waals surface area contributed by atoms with Crippen LogP contribution in [0.25, 0.3) is 22.4 Å². The fourth-order valence-electron chi connectivity index (χ4n) is 2.25. The van der Waals surface area contributed by atoms with E-state index in [1.807, 2.05) is 25.2 Å². The number of imidazole rings is 1. The van der Waals surface area contributed by atoms with Crippen LogP contribution in [0.1, 0.15) is 15.9 Å². The molecular weight excluding hydrogens is 236 g/mol. The summed E-state index contributed by atoms with van der Waals surface area (Å²) in [6.45, 7) is 2.06. The number of fused-ring (bicyclic) bond motifs is 1. The van der Waals surface area contributed by atoms with E-state index in [1.165, 1.54) is 5.56 Å². The Morgan fingerprint density at radius 3 is 2.53 bits per heavy atom. The van der Waals surface area contributed by atoms with Crippen molar-refractivity contribution in [1.82, 2.24) is 9.55 Å². The standard InChI is InChI=1S/C16H14N2O/c1-11-3-6-13(7-4-11)16-17-14-9-12(10-19)5-8-15(14)18(16)2/h3-10H,1-2H3. The van der Waals surface area contributed by atoms with Crippen LogP contribution in [0.2, 0.25) is 0 Å². The molecule has 1 heterocycles. The predicted octanol–water partition coefficient (Wildman–Crippen LogP) is 3.36. The molecule has 0 fully saturated rings. The minimum absolute atomic E-state index is 0.654. The van der Waals surface area contributed by atoms with Gasteiger partial charge in [-0.3, -0.25) is 4.79 Å². The Kier molecular flexibility index (Phi) is 2.67. The van der Waals surface area contributed by atoms with E-state index < -0.39 is 0 Å². The fraction of sp³-hybridized carbons (Fsp3) is 0.125. The molecule has 0 saturated heterocycles. The van der Waals surface area contributed by atoms with Gasteiger partial charge in [-0.2, -0.15) is 0 Å². The minimum Gasteiger partial charge on any atom is -0.327 e. The lowest BCUT2D eigenvalue weighted by Gasteiger charge is -2.02. The summed E-state index contributed by atoms with van der Waals surface area (Å²) in [7, 11) is 1.99. The molecule has 3 heteroatoms. The molecule has 94 valence electrons. The Morgan fingerprint density at radius 2 is 1.84 bits per heavy atom. The van der Waals surface area contributed by atoms with Gasteiger partial charge in [0.05, 0.1) is 11.0 Å². The third-order valence-electron chi connectivity index (χ3n) is 3.35. The molecule has 0 spiro atoms. The number of aldehydes is 1. The van der Waals surface area contributed by atoms with Gasteiger partial charge in [0.2, 0.25) is 0 Å². The molecule has 2 aromatic carbocycles. The number of carbonyl (C=O) groups is 1. The quantitative estimate of drug-likeness (QED) is 0.654. The SMILES string of the molecule is Cc1ccc(-c2nc3cc(C=O)ccc3n2C)cc1. The Balaban J connectivity index is 2.21. The normalized spacial score (nSPS) is 10.8. The zero-order valence-corrected chi connectivity index (χ0v) is 10.9. The van der Waals surface area contributed by atoms with E-state index in [1.54, 1.807) is 0 Å². The maximum Gasteiger partial charge on any atom is 0.150 e. The smallest absolute Gasteiger partial charge is 0.150 e. The van der Waals surface area contributed by atoms with Gasteiger partial charge in [-0.05, 0) is 25.1 Å². The second-order valence-electron chi connectivity index (χ2n) is 4.73. The van der Waals surface area contributed by atoms with E-state index in [2.05, 4.69) is 40.7 Å². The molecule has 3 aromatic rings. The fourth-order valence-corrected chi connectivity index (χ4v) is 2.25. The summed E-state index contributed by atoms with van der Waals surface area (Å²) in [5.74, 6) is 0.915. The van der Waals surface area contributed by atoms with Crippen LogP contribution in [0.5, 0.6) is 0 Å². The van der Waals surface area contributed by atoms with Gasteiger partial charge < -0.3 is 4.57 Å². The molecule has 3 rings (SSSR count). The Labute approximate surface area is 111 Å². The molecule has 0 N–H and O–H groups in total. The van der Waals surface area contributed by atoms with E-state index in [9.17, 15) is 4.79 Å². The van der Waals surface area contributed by atoms with Crippen molar-refractivity contribution in [2.24, 2.45) is 7.05 Å². The van der Waals surface area contributed by atoms with Crippen molar-refractivity contribution in [2.75, 3.05) is 0 Å². The monoisotopic (exact) mass is 250 g/mol. The summed E-state index contributed by atoms with van der Waals surface area (Å²) in [6.07, 6.45) is 0.847. The van der Waals surface area contributed by atoms with Gasteiger partial charge in [-0.15, -0.1) is 0 Å². The summed E-state index contributed by atoms with van der Waals surface area (Å²) >= 11 is 0. The number of aryl methyl sites for hydroxylation is 2. The van der Waals surface area contributed by atoms with Gasteiger partial charge in [0.1, 0.15) is 12.1 Å². The molecule has 0 aliphatic heterocycles. The molecule has 0 aliphatic carbocycles. The van der Waals surface area contributed by atoms with Crippen LogP contribution in [0, 0.1) is 6.92 Å². The van der Waals surface area contributed by atoms with Gasteiger partial charge in [0, 0.05) is 18.2 Å². The van der Waals surface area contributed by atoms with Crippen molar-refractivity contribution in [3.05, 3.63) is 53.6 Å². The van der Waals surface area contributed by atoms with Crippen molar-refractivity contribution in [3.63, 3.8) is 0 Å². The number of benzene rings is 2. The van der Waals surface area contributed by atoms with Crippen LogP contribution < -0.4 is 0 Å². The molecule has 3 nitrogen and oxygen atoms in total. The van der Waals surface area contributed by atoms with E-state index in [-0.39, 0.29) is 0 Å². The molecule has 0 atom stereocenters. The van der Waals surface area contributed by atoms with Crippen LogP contribution in [0.3, 0.4) is 0 Å². The highest BCUT2D eigenvalue weighted by molar-refractivity contribution is 5.87. The highest BCUT2D eigenvalue weighted by Crippen LogP contribution is 2.24. The molecule has 0 amide bonds. The molecule has 0 unspecified atom stereocenters. The van der Waals surface area contributed by atoms with Gasteiger partial charge >= 0.3 is 0 Å². The lowest BCUT2D eigenvalue weighted by Crippen LogP contribution is -1.92. The molecule has 0 aliphatic rings. The number of rotatable bonds is 2. The number of hydrogen-bond donors (Lipinski definition) is 0. The summed E-state index contributed by atoms with van der Waals surface area (Å²) in [5.41, 5.74) is 4.84. The lowest BCUT2D eigenvalue weighted by atomic mass is 10.1. The van der Waals surface area contributed by atoms with E-state index in [0.717, 1.165) is 28.7 Å². The third kappa shape index (κ3) is 1.93. The zero-order chi connectivity index (χ0) is 13.4. The topological polar surface area (TPSA) is 34.9 Å². The first-order chi connectivity index (χ1) is 9.19. The molecular formula is C16H14N2O. The highest BCUT2D eigenvalue weighted by atomic mass is 16.1. The van der Waals surface area contributed by atoms with Crippen molar-refractivity contribution in [3.8, 4) is 11.4 Å². The Hall–Kier alpha value is -2.42. The number of aromatic nitrogens is 2. The van der Waals surface area contributed by atoms with E-state index in [4.69, 9.17) is 0 Å². The largest absolute Gasteiger partial charge is 0.327 e. The maximum absolute atomic E-state index is 10.8. The first kappa shape index (κ1) is 11.7. The zero-order valence-electron chi connectivity index (χ0n) is 10.9. The third-order valence-corrected chi connectivity index (χ3v) is 3.35.